The van der Waals surface area contributed by atoms with Crippen molar-refractivity contribution in [3.05, 3.63) is 36.0 Å². The first kappa shape index (κ1) is 15.7. The number of anilines is 1. The Hall–Kier alpha value is -2.14. The molecule has 1 aliphatic rings. The van der Waals surface area contributed by atoms with E-state index in [1.54, 1.807) is 0 Å². The van der Waals surface area contributed by atoms with Crippen LogP contribution in [-0.4, -0.2) is 43.1 Å². The molecule has 2 aromatic rings. The predicted molar refractivity (Wildman–Crippen MR) is 94.0 cm³/mol. The van der Waals surface area contributed by atoms with Crippen LogP contribution in [0.3, 0.4) is 0 Å². The number of nitrogens with zero attached hydrogens (tertiary/aromatic N) is 2. The van der Waals surface area contributed by atoms with Gasteiger partial charge >= 0.3 is 0 Å². The SMILES string of the molecule is CN(C)c1cc(C(=O)NC2CCNC2(C)C)nc2ccccc12. The lowest BCUT2D eigenvalue weighted by molar-refractivity contribution is 0.0919. The normalized spacial score (nSPS) is 19.7. The zero-order valence-electron chi connectivity index (χ0n) is 14.2. The Morgan fingerprint density at radius 3 is 2.74 bits per heavy atom. The molecule has 1 unspecified atom stereocenters. The number of benzene rings is 1. The van der Waals surface area contributed by atoms with Crippen molar-refractivity contribution in [3.8, 4) is 0 Å². The minimum absolute atomic E-state index is 0.0864. The lowest BCUT2D eigenvalue weighted by atomic mass is 9.97. The van der Waals surface area contributed by atoms with E-state index in [4.69, 9.17) is 0 Å². The van der Waals surface area contributed by atoms with E-state index < -0.39 is 0 Å². The minimum Gasteiger partial charge on any atom is -0.377 e. The Morgan fingerprint density at radius 1 is 1.35 bits per heavy atom. The summed E-state index contributed by atoms with van der Waals surface area (Å²) in [6, 6.07) is 9.90. The molecule has 2 heterocycles. The van der Waals surface area contributed by atoms with Crippen LogP contribution in [0, 0.1) is 0 Å². The van der Waals surface area contributed by atoms with Gasteiger partial charge in [-0.1, -0.05) is 18.2 Å². The van der Waals surface area contributed by atoms with E-state index in [2.05, 4.69) is 29.5 Å². The van der Waals surface area contributed by atoms with Crippen LogP contribution in [0.2, 0.25) is 0 Å². The lowest BCUT2D eigenvalue weighted by Crippen LogP contribution is -2.50. The number of aromatic nitrogens is 1. The van der Waals surface area contributed by atoms with Crippen LogP contribution >= 0.6 is 0 Å². The van der Waals surface area contributed by atoms with Crippen LogP contribution in [0.5, 0.6) is 0 Å². The fourth-order valence-electron chi connectivity index (χ4n) is 3.15. The molecule has 0 saturated carbocycles. The molecule has 1 amide bonds. The van der Waals surface area contributed by atoms with Gasteiger partial charge in [0, 0.05) is 36.7 Å². The van der Waals surface area contributed by atoms with Crippen LogP contribution < -0.4 is 15.5 Å². The summed E-state index contributed by atoms with van der Waals surface area (Å²) >= 11 is 0. The van der Waals surface area contributed by atoms with E-state index >= 15 is 0 Å². The van der Waals surface area contributed by atoms with E-state index in [0.29, 0.717) is 5.69 Å². The second-order valence-corrected chi connectivity index (χ2v) is 6.90. The Morgan fingerprint density at radius 2 is 2.09 bits per heavy atom. The van der Waals surface area contributed by atoms with Crippen molar-refractivity contribution < 1.29 is 4.79 Å². The van der Waals surface area contributed by atoms with Gasteiger partial charge in [0.1, 0.15) is 5.69 Å². The topological polar surface area (TPSA) is 57.3 Å². The standard InChI is InChI=1S/C18H24N4O/c1-18(2)16(9-10-19-18)21-17(23)14-11-15(22(3)4)12-7-5-6-8-13(12)20-14/h5-8,11,16,19H,9-10H2,1-4H3,(H,21,23). The van der Waals surface area contributed by atoms with Crippen LogP contribution in [0.15, 0.2) is 30.3 Å². The monoisotopic (exact) mass is 312 g/mol. The van der Waals surface area contributed by atoms with Gasteiger partial charge in [-0.3, -0.25) is 4.79 Å². The molecular formula is C18H24N4O. The van der Waals surface area contributed by atoms with E-state index in [-0.39, 0.29) is 17.5 Å². The average Bonchev–Trinajstić information content (AvgIpc) is 2.84. The first-order valence-electron chi connectivity index (χ1n) is 8.01. The van der Waals surface area contributed by atoms with E-state index in [9.17, 15) is 4.79 Å². The van der Waals surface area contributed by atoms with Gasteiger partial charge in [0.05, 0.1) is 5.52 Å². The van der Waals surface area contributed by atoms with Gasteiger partial charge in [0.2, 0.25) is 0 Å². The predicted octanol–water partition coefficient (Wildman–Crippen LogP) is 2.17. The molecule has 0 spiro atoms. The third kappa shape index (κ3) is 3.01. The minimum atomic E-state index is -0.111. The smallest absolute Gasteiger partial charge is 0.270 e. The fraction of sp³-hybridized carbons (Fsp3) is 0.444. The third-order valence-electron chi connectivity index (χ3n) is 4.60. The van der Waals surface area contributed by atoms with Crippen LogP contribution in [0.4, 0.5) is 5.69 Å². The van der Waals surface area contributed by atoms with E-state index in [1.165, 1.54) is 0 Å². The number of rotatable bonds is 3. The summed E-state index contributed by atoms with van der Waals surface area (Å²) in [6.45, 7) is 5.15. The number of hydrogen-bond acceptors (Lipinski definition) is 4. The Balaban J connectivity index is 1.94. The molecule has 1 fully saturated rings. The lowest BCUT2D eigenvalue weighted by Gasteiger charge is -2.28. The molecule has 1 aromatic heterocycles. The summed E-state index contributed by atoms with van der Waals surface area (Å²) in [5.41, 5.74) is 2.23. The van der Waals surface area contributed by atoms with Crippen LogP contribution in [0.25, 0.3) is 10.9 Å². The molecule has 5 heteroatoms. The quantitative estimate of drug-likeness (QED) is 0.912. The zero-order valence-corrected chi connectivity index (χ0v) is 14.2. The van der Waals surface area contributed by atoms with Gasteiger partial charge in [-0.25, -0.2) is 4.98 Å². The summed E-state index contributed by atoms with van der Waals surface area (Å²) in [5, 5.41) is 7.61. The summed E-state index contributed by atoms with van der Waals surface area (Å²) in [4.78, 5) is 19.3. The molecule has 23 heavy (non-hydrogen) atoms. The number of carbonyl (C=O) groups is 1. The number of fused-ring (bicyclic) bond motifs is 1. The van der Waals surface area contributed by atoms with Gasteiger partial charge in [-0.2, -0.15) is 0 Å². The van der Waals surface area contributed by atoms with Crippen molar-refractivity contribution in [1.82, 2.24) is 15.6 Å². The van der Waals surface area contributed by atoms with Crippen LogP contribution in [-0.2, 0) is 0 Å². The number of carbonyl (C=O) groups excluding carboxylic acids is 1. The third-order valence-corrected chi connectivity index (χ3v) is 4.60. The highest BCUT2D eigenvalue weighted by Gasteiger charge is 2.35. The molecule has 1 saturated heterocycles. The Labute approximate surface area is 137 Å². The van der Waals surface area contributed by atoms with Crippen molar-refractivity contribution in [3.63, 3.8) is 0 Å². The number of hydrogen-bond donors (Lipinski definition) is 2. The molecule has 122 valence electrons. The highest BCUT2D eigenvalue weighted by atomic mass is 16.2. The Kier molecular flexibility index (Phi) is 3.98. The Bertz CT molecular complexity index is 739. The molecule has 1 aromatic carbocycles. The summed E-state index contributed by atoms with van der Waals surface area (Å²) < 4.78 is 0. The second-order valence-electron chi connectivity index (χ2n) is 6.90. The molecule has 0 bridgehead atoms. The van der Waals surface area contributed by atoms with Gasteiger partial charge in [0.15, 0.2) is 0 Å². The van der Waals surface area contributed by atoms with Crippen molar-refractivity contribution in [2.75, 3.05) is 25.5 Å². The molecule has 2 N–H and O–H groups in total. The first-order valence-corrected chi connectivity index (χ1v) is 8.01. The maximum Gasteiger partial charge on any atom is 0.270 e. The van der Waals surface area contributed by atoms with Crippen molar-refractivity contribution in [1.29, 1.82) is 0 Å². The first-order chi connectivity index (χ1) is 10.9. The molecule has 5 nitrogen and oxygen atoms in total. The summed E-state index contributed by atoms with van der Waals surface area (Å²) in [5.74, 6) is -0.111. The number of amides is 1. The maximum absolute atomic E-state index is 12.7. The number of para-hydroxylation sites is 1. The molecule has 0 aliphatic carbocycles. The molecule has 3 rings (SSSR count). The highest BCUT2D eigenvalue weighted by molar-refractivity contribution is 6.00. The molecular weight excluding hydrogens is 288 g/mol. The molecule has 1 atom stereocenters. The average molecular weight is 312 g/mol. The van der Waals surface area contributed by atoms with Crippen molar-refractivity contribution in [2.24, 2.45) is 0 Å². The van der Waals surface area contributed by atoms with E-state index in [0.717, 1.165) is 29.6 Å². The zero-order chi connectivity index (χ0) is 16.6. The van der Waals surface area contributed by atoms with Crippen molar-refractivity contribution in [2.45, 2.75) is 31.8 Å². The van der Waals surface area contributed by atoms with Crippen molar-refractivity contribution >= 4 is 22.5 Å². The number of pyridine rings is 1. The van der Waals surface area contributed by atoms with E-state index in [1.807, 2.05) is 49.3 Å². The maximum atomic E-state index is 12.7. The van der Waals surface area contributed by atoms with Gasteiger partial charge in [0.25, 0.3) is 5.91 Å². The largest absolute Gasteiger partial charge is 0.377 e. The highest BCUT2D eigenvalue weighted by Crippen LogP contribution is 2.26. The molecule has 0 radical (unpaired) electrons. The van der Waals surface area contributed by atoms with Crippen LogP contribution in [0.1, 0.15) is 30.8 Å². The molecule has 1 aliphatic heterocycles. The second kappa shape index (κ2) is 5.81. The van der Waals surface area contributed by atoms with Gasteiger partial charge in [-0.15, -0.1) is 0 Å². The summed E-state index contributed by atoms with van der Waals surface area (Å²) in [7, 11) is 3.96. The van der Waals surface area contributed by atoms with Gasteiger partial charge in [-0.05, 0) is 38.9 Å². The number of nitrogens with one attached hydrogen (secondary N) is 2. The van der Waals surface area contributed by atoms with Gasteiger partial charge < -0.3 is 15.5 Å². The fourth-order valence-corrected chi connectivity index (χ4v) is 3.15. The summed E-state index contributed by atoms with van der Waals surface area (Å²) in [6.07, 6.45) is 0.937.